The van der Waals surface area contributed by atoms with Crippen molar-refractivity contribution in [2.45, 2.75) is 30.6 Å². The lowest BCUT2D eigenvalue weighted by Gasteiger charge is -2.16. The first-order chi connectivity index (χ1) is 13.4. The SMILES string of the molecule is O=C(CNS(=O)(=O)c1ccc2c(c1)CCCC2)OCCOc1ccc(F)cc1. The molecule has 0 fully saturated rings. The number of rotatable bonds is 8. The van der Waals surface area contributed by atoms with Crippen LogP contribution < -0.4 is 9.46 Å². The number of sulfonamides is 1. The molecule has 28 heavy (non-hydrogen) atoms. The zero-order valence-corrected chi connectivity index (χ0v) is 16.1. The van der Waals surface area contributed by atoms with Crippen LogP contribution in [0.5, 0.6) is 5.75 Å². The smallest absolute Gasteiger partial charge is 0.321 e. The fourth-order valence-corrected chi connectivity index (χ4v) is 4.03. The molecule has 2 aromatic rings. The van der Waals surface area contributed by atoms with Crippen LogP contribution in [-0.2, 0) is 32.4 Å². The van der Waals surface area contributed by atoms with Crippen molar-refractivity contribution in [1.82, 2.24) is 4.72 Å². The molecule has 1 N–H and O–H groups in total. The second-order valence-electron chi connectivity index (χ2n) is 6.49. The minimum absolute atomic E-state index is 0.0449. The zero-order chi connectivity index (χ0) is 20.0. The van der Waals surface area contributed by atoms with Gasteiger partial charge in [-0.1, -0.05) is 6.07 Å². The number of nitrogens with one attached hydrogen (secondary N) is 1. The lowest BCUT2D eigenvalue weighted by molar-refractivity contribution is -0.142. The highest BCUT2D eigenvalue weighted by Crippen LogP contribution is 2.24. The summed E-state index contributed by atoms with van der Waals surface area (Å²) in [6.45, 7) is -0.429. The van der Waals surface area contributed by atoms with Gasteiger partial charge in [-0.05, 0) is 73.2 Å². The molecule has 150 valence electrons. The van der Waals surface area contributed by atoms with E-state index in [1.54, 1.807) is 12.1 Å². The topological polar surface area (TPSA) is 81.7 Å². The molecule has 0 radical (unpaired) electrons. The van der Waals surface area contributed by atoms with Crippen LogP contribution in [0.3, 0.4) is 0 Å². The molecule has 8 heteroatoms. The number of hydrogen-bond acceptors (Lipinski definition) is 5. The number of ether oxygens (including phenoxy) is 2. The summed E-state index contributed by atoms with van der Waals surface area (Å²) in [6.07, 6.45) is 4.01. The van der Waals surface area contributed by atoms with E-state index in [9.17, 15) is 17.6 Å². The summed E-state index contributed by atoms with van der Waals surface area (Å²) >= 11 is 0. The quantitative estimate of drug-likeness (QED) is 0.537. The molecule has 0 saturated heterocycles. The molecule has 1 aliphatic carbocycles. The Morgan fingerprint density at radius 1 is 1.00 bits per heavy atom. The van der Waals surface area contributed by atoms with E-state index in [0.717, 1.165) is 31.2 Å². The van der Waals surface area contributed by atoms with Crippen molar-refractivity contribution < 1.29 is 27.1 Å². The summed E-state index contributed by atoms with van der Waals surface area (Å²) in [5.41, 5.74) is 2.24. The number of esters is 1. The minimum atomic E-state index is -3.78. The van der Waals surface area contributed by atoms with Crippen LogP contribution in [0, 0.1) is 5.82 Å². The molecule has 0 amide bonds. The number of carbonyl (C=O) groups excluding carboxylic acids is 1. The molecule has 2 aromatic carbocycles. The highest BCUT2D eigenvalue weighted by atomic mass is 32.2. The Labute approximate surface area is 163 Å². The van der Waals surface area contributed by atoms with E-state index in [1.165, 1.54) is 29.8 Å². The monoisotopic (exact) mass is 407 g/mol. The summed E-state index contributed by atoms with van der Waals surface area (Å²) in [6, 6.07) is 10.5. The fourth-order valence-electron chi connectivity index (χ4n) is 3.01. The van der Waals surface area contributed by atoms with Crippen LogP contribution >= 0.6 is 0 Å². The first-order valence-electron chi connectivity index (χ1n) is 9.09. The van der Waals surface area contributed by atoms with Gasteiger partial charge in [0, 0.05) is 0 Å². The third-order valence-corrected chi connectivity index (χ3v) is 5.86. The van der Waals surface area contributed by atoms with Gasteiger partial charge in [-0.15, -0.1) is 0 Å². The molecule has 1 aliphatic rings. The first-order valence-corrected chi connectivity index (χ1v) is 10.6. The van der Waals surface area contributed by atoms with E-state index >= 15 is 0 Å². The second-order valence-corrected chi connectivity index (χ2v) is 8.25. The van der Waals surface area contributed by atoms with Crippen LogP contribution in [-0.4, -0.2) is 34.1 Å². The predicted molar refractivity (Wildman–Crippen MR) is 101 cm³/mol. The molecule has 0 unspecified atom stereocenters. The molecule has 3 rings (SSSR count). The van der Waals surface area contributed by atoms with Gasteiger partial charge >= 0.3 is 5.97 Å². The lowest BCUT2D eigenvalue weighted by Crippen LogP contribution is -2.31. The third-order valence-electron chi connectivity index (χ3n) is 4.47. The van der Waals surface area contributed by atoms with E-state index in [0.29, 0.717) is 5.75 Å². The van der Waals surface area contributed by atoms with E-state index in [-0.39, 0.29) is 23.9 Å². The summed E-state index contributed by atoms with van der Waals surface area (Å²) in [7, 11) is -3.78. The van der Waals surface area contributed by atoms with Gasteiger partial charge in [-0.2, -0.15) is 4.72 Å². The Bertz CT molecular complexity index is 928. The number of carbonyl (C=O) groups is 1. The van der Waals surface area contributed by atoms with Crippen LogP contribution in [0.4, 0.5) is 4.39 Å². The van der Waals surface area contributed by atoms with Gasteiger partial charge in [0.25, 0.3) is 0 Å². The van der Waals surface area contributed by atoms with Crippen molar-refractivity contribution in [2.75, 3.05) is 19.8 Å². The summed E-state index contributed by atoms with van der Waals surface area (Å²) in [4.78, 5) is 11.9. The van der Waals surface area contributed by atoms with Gasteiger partial charge in [-0.3, -0.25) is 4.79 Å². The number of hydrogen-bond donors (Lipinski definition) is 1. The standard InChI is InChI=1S/C20H22FNO5S/c21-17-6-8-18(9-7-17)26-11-12-27-20(23)14-22-28(24,25)19-10-5-15-3-1-2-4-16(15)13-19/h5-10,13,22H,1-4,11-12,14H2. The van der Waals surface area contributed by atoms with E-state index in [1.807, 2.05) is 6.07 Å². The third kappa shape index (κ3) is 5.53. The maximum atomic E-state index is 12.8. The van der Waals surface area contributed by atoms with Crippen LogP contribution in [0.2, 0.25) is 0 Å². The van der Waals surface area contributed by atoms with Gasteiger partial charge in [-0.25, -0.2) is 12.8 Å². The molecule has 0 atom stereocenters. The maximum absolute atomic E-state index is 12.8. The number of halogens is 1. The van der Waals surface area contributed by atoms with Crippen molar-refractivity contribution in [3.05, 3.63) is 59.4 Å². The summed E-state index contributed by atoms with van der Waals surface area (Å²) in [5, 5.41) is 0. The molecule has 0 aliphatic heterocycles. The molecule has 6 nitrogen and oxygen atoms in total. The van der Waals surface area contributed by atoms with Gasteiger partial charge in [0.1, 0.15) is 31.3 Å². The first kappa shape index (κ1) is 20.3. The fraction of sp³-hybridized carbons (Fsp3) is 0.350. The van der Waals surface area contributed by atoms with Gasteiger partial charge in [0.2, 0.25) is 10.0 Å². The largest absolute Gasteiger partial charge is 0.490 e. The Kier molecular flexibility index (Phi) is 6.64. The Hall–Kier alpha value is -2.45. The normalized spacial score (nSPS) is 13.6. The van der Waals surface area contributed by atoms with E-state index < -0.39 is 22.5 Å². The Morgan fingerprint density at radius 3 is 2.46 bits per heavy atom. The average Bonchev–Trinajstić information content (AvgIpc) is 2.70. The molecular formula is C20H22FNO5S. The van der Waals surface area contributed by atoms with Gasteiger partial charge < -0.3 is 9.47 Å². The maximum Gasteiger partial charge on any atom is 0.321 e. The van der Waals surface area contributed by atoms with E-state index in [2.05, 4.69) is 4.72 Å². The summed E-state index contributed by atoms with van der Waals surface area (Å²) < 4.78 is 50.1. The van der Waals surface area contributed by atoms with Crippen LogP contribution in [0.25, 0.3) is 0 Å². The van der Waals surface area contributed by atoms with Crippen LogP contribution in [0.15, 0.2) is 47.4 Å². The number of benzene rings is 2. The summed E-state index contributed by atoms with van der Waals surface area (Å²) in [5.74, 6) is -0.625. The average molecular weight is 407 g/mol. The number of aryl methyl sites for hydroxylation is 2. The molecule has 0 saturated carbocycles. The zero-order valence-electron chi connectivity index (χ0n) is 15.3. The molecule has 0 spiro atoms. The molecule has 0 aromatic heterocycles. The highest BCUT2D eigenvalue weighted by molar-refractivity contribution is 7.89. The molecular weight excluding hydrogens is 385 g/mol. The minimum Gasteiger partial charge on any atom is -0.490 e. The molecule has 0 heterocycles. The van der Waals surface area contributed by atoms with Crippen molar-refractivity contribution in [3.8, 4) is 5.75 Å². The van der Waals surface area contributed by atoms with Crippen LogP contribution in [0.1, 0.15) is 24.0 Å². The Morgan fingerprint density at radius 2 is 1.71 bits per heavy atom. The van der Waals surface area contributed by atoms with Crippen molar-refractivity contribution in [3.63, 3.8) is 0 Å². The lowest BCUT2D eigenvalue weighted by atomic mass is 9.92. The second kappa shape index (κ2) is 9.16. The van der Waals surface area contributed by atoms with E-state index in [4.69, 9.17) is 9.47 Å². The van der Waals surface area contributed by atoms with Crippen molar-refractivity contribution in [2.24, 2.45) is 0 Å². The predicted octanol–water partition coefficient (Wildman–Crippen LogP) is 2.61. The van der Waals surface area contributed by atoms with Gasteiger partial charge in [0.05, 0.1) is 4.90 Å². The highest BCUT2D eigenvalue weighted by Gasteiger charge is 2.19. The van der Waals surface area contributed by atoms with Gasteiger partial charge in [0.15, 0.2) is 0 Å². The number of fused-ring (bicyclic) bond motifs is 1. The molecule has 0 bridgehead atoms. The van der Waals surface area contributed by atoms with Crippen molar-refractivity contribution >= 4 is 16.0 Å². The Balaban J connectivity index is 1.43. The van der Waals surface area contributed by atoms with Crippen molar-refractivity contribution in [1.29, 1.82) is 0 Å².